The van der Waals surface area contributed by atoms with Crippen molar-refractivity contribution in [1.29, 1.82) is 0 Å². The maximum atomic E-state index is 9.51. The Hall–Kier alpha value is -0.300. The summed E-state index contributed by atoms with van der Waals surface area (Å²) in [5, 5.41) is 9.51. The maximum Gasteiger partial charge on any atom is 0.0753 e. The molecule has 0 saturated heterocycles. The first-order valence-corrected chi connectivity index (χ1v) is 4.40. The molecule has 1 nitrogen and oxygen atoms in total. The van der Waals surface area contributed by atoms with Gasteiger partial charge in [-0.3, -0.25) is 0 Å². The summed E-state index contributed by atoms with van der Waals surface area (Å²) < 4.78 is 0. The number of aliphatic hydroxyl groups excluding tert-OH is 1. The van der Waals surface area contributed by atoms with Crippen molar-refractivity contribution < 1.29 is 5.11 Å². The van der Waals surface area contributed by atoms with Crippen LogP contribution in [0.25, 0.3) is 0 Å². The Morgan fingerprint density at radius 1 is 1.45 bits per heavy atom. The van der Waals surface area contributed by atoms with Gasteiger partial charge in [0, 0.05) is 0 Å². The van der Waals surface area contributed by atoms with E-state index in [4.69, 9.17) is 0 Å². The van der Waals surface area contributed by atoms with Crippen molar-refractivity contribution in [3.63, 3.8) is 0 Å². The molecule has 0 spiro atoms. The van der Waals surface area contributed by atoms with Gasteiger partial charge < -0.3 is 5.11 Å². The quantitative estimate of drug-likeness (QED) is 0.526. The molecule has 3 rings (SSSR count). The predicted octanol–water partition coefficient (Wildman–Crippen LogP) is 1.97. The molecule has 0 heterocycles. The Morgan fingerprint density at radius 2 is 2.09 bits per heavy atom. The van der Waals surface area contributed by atoms with Crippen LogP contribution in [0.5, 0.6) is 0 Å². The molecule has 3 aliphatic carbocycles. The molecule has 62 valence electrons. The Morgan fingerprint density at radius 3 is 2.45 bits per heavy atom. The average Bonchev–Trinajstić information content (AvgIpc) is 1.93. The lowest BCUT2D eigenvalue weighted by Gasteiger charge is -2.59. The minimum atomic E-state index is -0.202. The monoisotopic (exact) mass is 152 g/mol. The maximum absolute atomic E-state index is 9.51. The van der Waals surface area contributed by atoms with E-state index in [1.165, 1.54) is 6.42 Å². The molecule has 0 aromatic rings. The highest BCUT2D eigenvalue weighted by Crippen LogP contribution is 2.60. The van der Waals surface area contributed by atoms with E-state index >= 15 is 0 Å². The van der Waals surface area contributed by atoms with Crippen molar-refractivity contribution in [3.8, 4) is 0 Å². The molecule has 1 heteroatoms. The molecule has 0 radical (unpaired) electrons. The van der Waals surface area contributed by atoms with Gasteiger partial charge in [0.05, 0.1) is 6.10 Å². The van der Waals surface area contributed by atoms with Gasteiger partial charge in [0.25, 0.3) is 0 Å². The summed E-state index contributed by atoms with van der Waals surface area (Å²) in [6.45, 7) is 8.55. The first kappa shape index (κ1) is 7.35. The smallest absolute Gasteiger partial charge is 0.0753 e. The zero-order valence-corrected chi connectivity index (χ0v) is 7.30. The summed E-state index contributed by atoms with van der Waals surface area (Å²) in [7, 11) is 0. The van der Waals surface area contributed by atoms with E-state index in [1.807, 2.05) is 0 Å². The van der Waals surface area contributed by atoms with Crippen molar-refractivity contribution in [2.75, 3.05) is 0 Å². The van der Waals surface area contributed by atoms with Crippen LogP contribution in [-0.4, -0.2) is 11.2 Å². The third-order valence-corrected chi connectivity index (χ3v) is 3.85. The van der Waals surface area contributed by atoms with Gasteiger partial charge in [-0.2, -0.15) is 0 Å². The number of aliphatic hydroxyl groups is 1. The first-order chi connectivity index (χ1) is 5.03. The van der Waals surface area contributed by atoms with Crippen molar-refractivity contribution in [2.45, 2.75) is 32.8 Å². The molecular weight excluding hydrogens is 136 g/mol. The topological polar surface area (TPSA) is 20.2 Å². The van der Waals surface area contributed by atoms with Crippen LogP contribution in [0.2, 0.25) is 0 Å². The van der Waals surface area contributed by atoms with Gasteiger partial charge in [-0.05, 0) is 35.7 Å². The predicted molar refractivity (Wildman–Crippen MR) is 45.1 cm³/mol. The highest BCUT2D eigenvalue weighted by molar-refractivity contribution is 5.22. The molecule has 2 unspecified atom stereocenters. The molecular formula is C10H16O. The van der Waals surface area contributed by atoms with Crippen LogP contribution < -0.4 is 0 Å². The average molecular weight is 152 g/mol. The SMILES string of the molecule is C=C1C2CC(C[C@H]1O)C2(C)C. The van der Waals surface area contributed by atoms with Gasteiger partial charge >= 0.3 is 0 Å². The third-order valence-electron chi connectivity index (χ3n) is 3.85. The van der Waals surface area contributed by atoms with Gasteiger partial charge in [0.2, 0.25) is 0 Å². The van der Waals surface area contributed by atoms with Gasteiger partial charge in [-0.15, -0.1) is 0 Å². The Labute approximate surface area is 68.1 Å². The van der Waals surface area contributed by atoms with E-state index < -0.39 is 0 Å². The molecule has 0 aromatic carbocycles. The molecule has 3 atom stereocenters. The van der Waals surface area contributed by atoms with Crippen LogP contribution in [0.4, 0.5) is 0 Å². The molecule has 3 saturated carbocycles. The fraction of sp³-hybridized carbons (Fsp3) is 0.800. The number of fused-ring (bicyclic) bond motifs is 2. The van der Waals surface area contributed by atoms with Crippen molar-refractivity contribution in [3.05, 3.63) is 12.2 Å². The lowest BCUT2D eigenvalue weighted by atomic mass is 9.47. The Kier molecular flexibility index (Phi) is 1.26. The summed E-state index contributed by atoms with van der Waals surface area (Å²) in [6, 6.07) is 0. The molecule has 3 aliphatic rings. The molecule has 1 N–H and O–H groups in total. The molecule has 0 aliphatic heterocycles. The van der Waals surface area contributed by atoms with Gasteiger partial charge in [0.15, 0.2) is 0 Å². The normalized spacial score (nSPS) is 46.8. The fourth-order valence-corrected chi connectivity index (χ4v) is 2.70. The van der Waals surface area contributed by atoms with Gasteiger partial charge in [-0.1, -0.05) is 20.4 Å². The van der Waals surface area contributed by atoms with Crippen LogP contribution in [0, 0.1) is 17.3 Å². The minimum Gasteiger partial charge on any atom is -0.389 e. The van der Waals surface area contributed by atoms with Crippen LogP contribution >= 0.6 is 0 Å². The molecule has 3 fully saturated rings. The first-order valence-electron chi connectivity index (χ1n) is 4.40. The van der Waals surface area contributed by atoms with Crippen molar-refractivity contribution in [1.82, 2.24) is 0 Å². The van der Waals surface area contributed by atoms with Crippen molar-refractivity contribution in [2.24, 2.45) is 17.3 Å². The molecule has 11 heavy (non-hydrogen) atoms. The zero-order chi connectivity index (χ0) is 8.22. The van der Waals surface area contributed by atoms with E-state index in [2.05, 4.69) is 20.4 Å². The second-order valence-corrected chi connectivity index (χ2v) is 4.63. The van der Waals surface area contributed by atoms with E-state index in [0.29, 0.717) is 11.3 Å². The van der Waals surface area contributed by atoms with E-state index in [-0.39, 0.29) is 6.10 Å². The zero-order valence-electron chi connectivity index (χ0n) is 7.30. The van der Waals surface area contributed by atoms with Gasteiger partial charge in [-0.25, -0.2) is 0 Å². The van der Waals surface area contributed by atoms with Crippen LogP contribution in [-0.2, 0) is 0 Å². The Balaban J connectivity index is 2.23. The summed E-state index contributed by atoms with van der Waals surface area (Å²) in [6.07, 6.45) is 2.01. The number of rotatable bonds is 0. The summed E-state index contributed by atoms with van der Waals surface area (Å²) in [4.78, 5) is 0. The van der Waals surface area contributed by atoms with E-state index in [9.17, 15) is 5.11 Å². The minimum absolute atomic E-state index is 0.202. The van der Waals surface area contributed by atoms with Crippen molar-refractivity contribution >= 4 is 0 Å². The molecule has 0 amide bonds. The molecule has 2 bridgehead atoms. The summed E-state index contributed by atoms with van der Waals surface area (Å²) in [5.74, 6) is 1.34. The van der Waals surface area contributed by atoms with E-state index in [0.717, 1.165) is 17.9 Å². The highest BCUT2D eigenvalue weighted by atomic mass is 16.3. The van der Waals surface area contributed by atoms with Gasteiger partial charge in [0.1, 0.15) is 0 Å². The fourth-order valence-electron chi connectivity index (χ4n) is 2.70. The number of hydrogen-bond donors (Lipinski definition) is 1. The third kappa shape index (κ3) is 0.750. The lowest BCUT2D eigenvalue weighted by molar-refractivity contribution is -0.0705. The highest BCUT2D eigenvalue weighted by Gasteiger charge is 2.54. The number of hydrogen-bond acceptors (Lipinski definition) is 1. The van der Waals surface area contributed by atoms with Crippen LogP contribution in [0.15, 0.2) is 12.2 Å². The summed E-state index contributed by atoms with van der Waals surface area (Å²) in [5.41, 5.74) is 1.51. The summed E-state index contributed by atoms with van der Waals surface area (Å²) >= 11 is 0. The Bertz CT molecular complexity index is 205. The standard InChI is InChI=1S/C10H16O/c1-6-8-4-7(5-9(6)11)10(8,2)3/h7-9,11H,1,4-5H2,2-3H3/t7?,8?,9-/m1/s1. The second kappa shape index (κ2) is 1.89. The molecule has 0 aromatic heterocycles. The second-order valence-electron chi connectivity index (χ2n) is 4.63. The van der Waals surface area contributed by atoms with Crippen LogP contribution in [0.1, 0.15) is 26.7 Å². The largest absolute Gasteiger partial charge is 0.389 e. The van der Waals surface area contributed by atoms with E-state index in [1.54, 1.807) is 0 Å². The van der Waals surface area contributed by atoms with Crippen LogP contribution in [0.3, 0.4) is 0 Å². The lowest BCUT2D eigenvalue weighted by Crippen LogP contribution is -2.53.